The minimum atomic E-state index is -0.490. The van der Waals surface area contributed by atoms with E-state index in [1.165, 1.54) is 30.9 Å². The van der Waals surface area contributed by atoms with Crippen molar-refractivity contribution in [1.29, 1.82) is 0 Å². The van der Waals surface area contributed by atoms with Gasteiger partial charge in [0.2, 0.25) is 0 Å². The molecular formula is C21H25N3O4. The van der Waals surface area contributed by atoms with E-state index in [-0.39, 0.29) is 23.5 Å². The first-order valence-electron chi connectivity index (χ1n) is 9.46. The van der Waals surface area contributed by atoms with Crippen LogP contribution >= 0.6 is 0 Å². The standard InChI is InChI=1S/C21H25N3O4/c1-15-7-9-16(10-8-15)19-6-4-3-5-13-23(19)21(25)22-18-12-11-17(24(26)27)14-20(18)28-2/h7-12,14,19H,3-6,13H2,1-2H3,(H,22,25). The summed E-state index contributed by atoms with van der Waals surface area (Å²) in [5, 5.41) is 13.8. The van der Waals surface area contributed by atoms with E-state index in [9.17, 15) is 14.9 Å². The van der Waals surface area contributed by atoms with Crippen molar-refractivity contribution < 1.29 is 14.5 Å². The summed E-state index contributed by atoms with van der Waals surface area (Å²) in [6.45, 7) is 2.71. The average molecular weight is 383 g/mol. The zero-order chi connectivity index (χ0) is 20.1. The Morgan fingerprint density at radius 2 is 1.93 bits per heavy atom. The maximum absolute atomic E-state index is 13.1. The van der Waals surface area contributed by atoms with E-state index in [4.69, 9.17) is 4.74 Å². The minimum Gasteiger partial charge on any atom is -0.494 e. The Morgan fingerprint density at radius 1 is 1.18 bits per heavy atom. The van der Waals surface area contributed by atoms with Crippen LogP contribution in [0.2, 0.25) is 0 Å². The number of nitro groups is 1. The maximum Gasteiger partial charge on any atom is 0.322 e. The molecule has 2 aromatic carbocycles. The molecule has 1 fully saturated rings. The van der Waals surface area contributed by atoms with Gasteiger partial charge in [-0.25, -0.2) is 4.79 Å². The van der Waals surface area contributed by atoms with E-state index in [1.54, 1.807) is 0 Å². The summed E-state index contributed by atoms with van der Waals surface area (Å²) >= 11 is 0. The number of non-ortho nitro benzene ring substituents is 1. The number of methoxy groups -OCH3 is 1. The third kappa shape index (κ3) is 4.42. The molecule has 7 nitrogen and oxygen atoms in total. The molecule has 0 aromatic heterocycles. The molecular weight excluding hydrogens is 358 g/mol. The van der Waals surface area contributed by atoms with Gasteiger partial charge in [-0.2, -0.15) is 0 Å². The Hall–Kier alpha value is -3.09. The number of aryl methyl sites for hydroxylation is 1. The summed E-state index contributed by atoms with van der Waals surface area (Å²) in [4.78, 5) is 25.4. The molecule has 0 spiro atoms. The number of urea groups is 1. The second-order valence-corrected chi connectivity index (χ2v) is 7.04. The zero-order valence-corrected chi connectivity index (χ0v) is 16.2. The molecule has 1 heterocycles. The first-order chi connectivity index (χ1) is 13.5. The number of hydrogen-bond donors (Lipinski definition) is 1. The molecule has 7 heteroatoms. The SMILES string of the molecule is COc1cc([N+](=O)[O-])ccc1NC(=O)N1CCCCCC1c1ccc(C)cc1. The number of hydrogen-bond acceptors (Lipinski definition) is 4. The second-order valence-electron chi connectivity index (χ2n) is 7.04. The summed E-state index contributed by atoms with van der Waals surface area (Å²) in [5.41, 5.74) is 2.65. The fraction of sp³-hybridized carbons (Fsp3) is 0.381. The van der Waals surface area contributed by atoms with Crippen LogP contribution in [0.15, 0.2) is 42.5 Å². The highest BCUT2D eigenvalue weighted by Gasteiger charge is 2.27. The van der Waals surface area contributed by atoms with Gasteiger partial charge in [0.25, 0.3) is 5.69 Å². The summed E-state index contributed by atoms with van der Waals surface area (Å²) in [5.74, 6) is 0.268. The molecule has 1 unspecified atom stereocenters. The number of anilines is 1. The van der Waals surface area contributed by atoms with Crippen molar-refractivity contribution in [3.8, 4) is 5.75 Å². The number of nitrogens with zero attached hydrogens (tertiary/aromatic N) is 2. The number of carbonyl (C=O) groups excluding carboxylic acids is 1. The lowest BCUT2D eigenvalue weighted by molar-refractivity contribution is -0.384. The summed E-state index contributed by atoms with van der Waals surface area (Å²) in [7, 11) is 1.43. The number of amides is 2. The van der Waals surface area contributed by atoms with Gasteiger partial charge in [-0.3, -0.25) is 10.1 Å². The fourth-order valence-electron chi connectivity index (χ4n) is 3.57. The van der Waals surface area contributed by atoms with Crippen molar-refractivity contribution in [2.75, 3.05) is 19.0 Å². The van der Waals surface area contributed by atoms with Gasteiger partial charge in [0.15, 0.2) is 0 Å². The summed E-state index contributed by atoms with van der Waals surface area (Å²) in [6.07, 6.45) is 4.03. The van der Waals surface area contributed by atoms with Crippen molar-refractivity contribution in [1.82, 2.24) is 4.90 Å². The van der Waals surface area contributed by atoms with Gasteiger partial charge in [-0.05, 0) is 31.4 Å². The van der Waals surface area contributed by atoms with Gasteiger partial charge in [0.05, 0.1) is 29.8 Å². The fourth-order valence-corrected chi connectivity index (χ4v) is 3.57. The third-order valence-electron chi connectivity index (χ3n) is 5.11. The predicted molar refractivity (Wildman–Crippen MR) is 108 cm³/mol. The van der Waals surface area contributed by atoms with Crippen molar-refractivity contribution in [3.63, 3.8) is 0 Å². The van der Waals surface area contributed by atoms with Crippen LogP contribution in [-0.4, -0.2) is 29.5 Å². The van der Waals surface area contributed by atoms with Crippen LogP contribution in [0.25, 0.3) is 0 Å². The number of ether oxygens (including phenoxy) is 1. The predicted octanol–water partition coefficient (Wildman–Crippen LogP) is 5.06. The monoisotopic (exact) mass is 383 g/mol. The average Bonchev–Trinajstić information content (AvgIpc) is 2.95. The van der Waals surface area contributed by atoms with Crippen molar-refractivity contribution in [3.05, 3.63) is 63.7 Å². The number of rotatable bonds is 4. The topological polar surface area (TPSA) is 84.7 Å². The third-order valence-corrected chi connectivity index (χ3v) is 5.11. The van der Waals surface area contributed by atoms with Crippen LogP contribution in [-0.2, 0) is 0 Å². The van der Waals surface area contributed by atoms with Gasteiger partial charge < -0.3 is 15.0 Å². The lowest BCUT2D eigenvalue weighted by atomic mass is 10.00. The van der Waals surface area contributed by atoms with E-state index in [1.807, 2.05) is 11.8 Å². The molecule has 2 aromatic rings. The lowest BCUT2D eigenvalue weighted by Gasteiger charge is -2.31. The molecule has 0 radical (unpaired) electrons. The smallest absolute Gasteiger partial charge is 0.322 e. The minimum absolute atomic E-state index is 0.00661. The van der Waals surface area contributed by atoms with Gasteiger partial charge >= 0.3 is 6.03 Å². The molecule has 0 aliphatic carbocycles. The van der Waals surface area contributed by atoms with Crippen molar-refractivity contribution >= 4 is 17.4 Å². The number of likely N-dealkylation sites (tertiary alicyclic amines) is 1. The van der Waals surface area contributed by atoms with E-state index < -0.39 is 4.92 Å². The number of nitro benzene ring substituents is 1. The molecule has 148 valence electrons. The molecule has 0 saturated carbocycles. The van der Waals surface area contributed by atoms with Crippen molar-refractivity contribution in [2.24, 2.45) is 0 Å². The first-order valence-corrected chi connectivity index (χ1v) is 9.46. The molecule has 1 aliphatic heterocycles. The quantitative estimate of drug-likeness (QED) is 0.591. The van der Waals surface area contributed by atoms with Gasteiger partial charge in [-0.1, -0.05) is 42.7 Å². The molecule has 3 rings (SSSR count). The number of nitrogens with one attached hydrogen (secondary N) is 1. The van der Waals surface area contributed by atoms with E-state index in [2.05, 4.69) is 29.6 Å². The van der Waals surface area contributed by atoms with Crippen LogP contribution in [0, 0.1) is 17.0 Å². The molecule has 28 heavy (non-hydrogen) atoms. The van der Waals surface area contributed by atoms with E-state index in [0.717, 1.165) is 31.2 Å². The van der Waals surface area contributed by atoms with E-state index >= 15 is 0 Å². The van der Waals surface area contributed by atoms with Crippen molar-refractivity contribution in [2.45, 2.75) is 38.6 Å². The molecule has 1 aliphatic rings. The summed E-state index contributed by atoms with van der Waals surface area (Å²) < 4.78 is 5.24. The van der Waals surface area contributed by atoms with Crippen LogP contribution < -0.4 is 10.1 Å². The Kier molecular flexibility index (Phi) is 6.13. The van der Waals surface area contributed by atoms with Gasteiger partial charge in [0.1, 0.15) is 5.75 Å². The second kappa shape index (κ2) is 8.73. The first kappa shape index (κ1) is 19.7. The zero-order valence-electron chi connectivity index (χ0n) is 16.2. The number of carbonyl (C=O) groups is 1. The highest BCUT2D eigenvalue weighted by Crippen LogP contribution is 2.33. The molecule has 1 atom stereocenters. The molecule has 1 N–H and O–H groups in total. The van der Waals surface area contributed by atoms with Crippen LogP contribution in [0.3, 0.4) is 0 Å². The highest BCUT2D eigenvalue weighted by molar-refractivity contribution is 5.91. The maximum atomic E-state index is 13.1. The van der Waals surface area contributed by atoms with Gasteiger partial charge in [-0.15, -0.1) is 0 Å². The van der Waals surface area contributed by atoms with Crippen LogP contribution in [0.4, 0.5) is 16.2 Å². The molecule has 0 bridgehead atoms. The summed E-state index contributed by atoms with van der Waals surface area (Å²) in [6, 6.07) is 12.3. The normalized spacial score (nSPS) is 16.9. The Morgan fingerprint density at radius 3 is 2.61 bits per heavy atom. The molecule has 1 saturated heterocycles. The Labute approximate surface area is 164 Å². The Bertz CT molecular complexity index is 851. The van der Waals surface area contributed by atoms with Crippen LogP contribution in [0.1, 0.15) is 42.9 Å². The Balaban J connectivity index is 1.84. The van der Waals surface area contributed by atoms with E-state index in [0.29, 0.717) is 12.2 Å². The van der Waals surface area contributed by atoms with Crippen LogP contribution in [0.5, 0.6) is 5.75 Å². The number of benzene rings is 2. The highest BCUT2D eigenvalue weighted by atomic mass is 16.6. The molecule has 2 amide bonds. The lowest BCUT2D eigenvalue weighted by Crippen LogP contribution is -2.38. The van der Waals surface area contributed by atoms with Gasteiger partial charge in [0, 0.05) is 12.6 Å². The largest absolute Gasteiger partial charge is 0.494 e.